The lowest BCUT2D eigenvalue weighted by Crippen LogP contribution is -1.92. The highest BCUT2D eigenvalue weighted by molar-refractivity contribution is 5.32. The Labute approximate surface area is 73.4 Å². The molecule has 0 heterocycles. The van der Waals surface area contributed by atoms with Crippen molar-refractivity contribution in [3.63, 3.8) is 0 Å². The van der Waals surface area contributed by atoms with E-state index in [-0.39, 0.29) is 0 Å². The zero-order valence-corrected chi connectivity index (χ0v) is 7.89. The highest BCUT2D eigenvalue weighted by Crippen LogP contribution is 2.21. The number of benzene rings is 1. The zero-order valence-electron chi connectivity index (χ0n) is 7.89. The molecule has 0 saturated heterocycles. The second-order valence-corrected chi connectivity index (χ2v) is 3.16. The summed E-state index contributed by atoms with van der Waals surface area (Å²) in [5.74, 6) is 0. The quantitative estimate of drug-likeness (QED) is 0.629. The molecule has 1 atom stereocenters. The van der Waals surface area contributed by atoms with Gasteiger partial charge in [-0.05, 0) is 37.0 Å². The van der Waals surface area contributed by atoms with E-state index in [9.17, 15) is 4.39 Å². The van der Waals surface area contributed by atoms with E-state index < -0.39 is 6.17 Å². The summed E-state index contributed by atoms with van der Waals surface area (Å²) in [6.45, 7) is 5.62. The van der Waals surface area contributed by atoms with Crippen molar-refractivity contribution in [1.82, 2.24) is 0 Å². The Bertz CT molecular complexity index is 264. The molecule has 1 heteroatoms. The molecular weight excluding hydrogens is 151 g/mol. The number of hydrogen-bond acceptors (Lipinski definition) is 0. The molecular formula is C11H15F. The average Bonchev–Trinajstić information content (AvgIpc) is 2.05. The Kier molecular flexibility index (Phi) is 2.85. The molecule has 0 bridgehead atoms. The first-order valence-corrected chi connectivity index (χ1v) is 4.38. The monoisotopic (exact) mass is 166 g/mol. The molecule has 1 rings (SSSR count). The molecule has 1 unspecified atom stereocenters. The Morgan fingerprint density at radius 2 is 2.08 bits per heavy atom. The number of halogens is 1. The SMILES string of the molecule is CCc1ccc(C)c(C(C)F)c1. The van der Waals surface area contributed by atoms with Crippen LogP contribution < -0.4 is 0 Å². The van der Waals surface area contributed by atoms with Crippen LogP contribution in [0.1, 0.15) is 36.7 Å². The first-order valence-electron chi connectivity index (χ1n) is 4.38. The Hall–Kier alpha value is -0.850. The summed E-state index contributed by atoms with van der Waals surface area (Å²) in [6.07, 6.45) is 0.122. The van der Waals surface area contributed by atoms with E-state index in [1.54, 1.807) is 6.92 Å². The third kappa shape index (κ3) is 1.84. The predicted octanol–water partition coefficient (Wildman–Crippen LogP) is 3.59. The van der Waals surface area contributed by atoms with Crippen LogP contribution in [0.25, 0.3) is 0 Å². The van der Waals surface area contributed by atoms with Crippen LogP contribution in [0.5, 0.6) is 0 Å². The van der Waals surface area contributed by atoms with Crippen LogP contribution in [0.15, 0.2) is 18.2 Å². The van der Waals surface area contributed by atoms with Gasteiger partial charge < -0.3 is 0 Å². The van der Waals surface area contributed by atoms with Crippen molar-refractivity contribution in [2.24, 2.45) is 0 Å². The maximum absolute atomic E-state index is 13.0. The van der Waals surface area contributed by atoms with Crippen molar-refractivity contribution in [1.29, 1.82) is 0 Å². The standard InChI is InChI=1S/C11H15F/c1-4-10-6-5-8(2)11(7-10)9(3)12/h5-7,9H,4H2,1-3H3. The Morgan fingerprint density at radius 1 is 1.42 bits per heavy atom. The van der Waals surface area contributed by atoms with E-state index in [1.807, 2.05) is 19.1 Å². The molecule has 0 spiro atoms. The summed E-state index contributed by atoms with van der Waals surface area (Å²) in [6, 6.07) is 6.01. The van der Waals surface area contributed by atoms with Crippen molar-refractivity contribution in [2.45, 2.75) is 33.4 Å². The van der Waals surface area contributed by atoms with Gasteiger partial charge in [-0.15, -0.1) is 0 Å². The fourth-order valence-electron chi connectivity index (χ4n) is 1.34. The van der Waals surface area contributed by atoms with Gasteiger partial charge in [0, 0.05) is 0 Å². The van der Waals surface area contributed by atoms with Gasteiger partial charge in [0.25, 0.3) is 0 Å². The minimum atomic E-state index is -0.850. The number of hydrogen-bond donors (Lipinski definition) is 0. The van der Waals surface area contributed by atoms with Crippen LogP contribution in [0.4, 0.5) is 4.39 Å². The smallest absolute Gasteiger partial charge is 0.123 e. The molecule has 0 aliphatic rings. The molecule has 0 aromatic heterocycles. The lowest BCUT2D eigenvalue weighted by atomic mass is 10.0. The molecule has 0 fully saturated rings. The minimum absolute atomic E-state index is 0.828. The molecule has 0 amide bonds. The molecule has 0 saturated carbocycles. The maximum Gasteiger partial charge on any atom is 0.123 e. The van der Waals surface area contributed by atoms with Gasteiger partial charge in [-0.2, -0.15) is 0 Å². The molecule has 0 N–H and O–H groups in total. The molecule has 0 aliphatic heterocycles. The lowest BCUT2D eigenvalue weighted by Gasteiger charge is -2.08. The highest BCUT2D eigenvalue weighted by atomic mass is 19.1. The molecule has 0 aliphatic carbocycles. The van der Waals surface area contributed by atoms with E-state index in [0.717, 1.165) is 17.5 Å². The van der Waals surface area contributed by atoms with E-state index in [1.165, 1.54) is 5.56 Å². The van der Waals surface area contributed by atoms with Gasteiger partial charge in [-0.1, -0.05) is 25.1 Å². The van der Waals surface area contributed by atoms with E-state index >= 15 is 0 Å². The molecule has 0 nitrogen and oxygen atoms in total. The number of rotatable bonds is 2. The second kappa shape index (κ2) is 3.70. The summed E-state index contributed by atoms with van der Waals surface area (Å²) in [7, 11) is 0. The lowest BCUT2D eigenvalue weighted by molar-refractivity contribution is 0.372. The number of alkyl halides is 1. The summed E-state index contributed by atoms with van der Waals surface area (Å²) < 4.78 is 13.0. The van der Waals surface area contributed by atoms with Crippen LogP contribution in [-0.2, 0) is 6.42 Å². The molecule has 66 valence electrons. The summed E-state index contributed by atoms with van der Waals surface area (Å²) in [5, 5.41) is 0. The normalized spacial score (nSPS) is 13.0. The fourth-order valence-corrected chi connectivity index (χ4v) is 1.34. The number of aryl methyl sites for hydroxylation is 2. The molecule has 1 aromatic rings. The van der Waals surface area contributed by atoms with Crippen LogP contribution in [0.2, 0.25) is 0 Å². The van der Waals surface area contributed by atoms with Gasteiger partial charge in [0.15, 0.2) is 0 Å². The molecule has 12 heavy (non-hydrogen) atoms. The van der Waals surface area contributed by atoms with Crippen molar-refractivity contribution < 1.29 is 4.39 Å². The third-order valence-electron chi connectivity index (χ3n) is 2.18. The third-order valence-corrected chi connectivity index (χ3v) is 2.18. The van der Waals surface area contributed by atoms with Gasteiger partial charge in [-0.25, -0.2) is 4.39 Å². The molecule has 0 radical (unpaired) electrons. The summed E-state index contributed by atoms with van der Waals surface area (Å²) >= 11 is 0. The van der Waals surface area contributed by atoms with E-state index in [4.69, 9.17) is 0 Å². The van der Waals surface area contributed by atoms with Crippen LogP contribution in [-0.4, -0.2) is 0 Å². The highest BCUT2D eigenvalue weighted by Gasteiger charge is 2.06. The van der Waals surface area contributed by atoms with Gasteiger partial charge >= 0.3 is 0 Å². The van der Waals surface area contributed by atoms with Crippen molar-refractivity contribution >= 4 is 0 Å². The van der Waals surface area contributed by atoms with Gasteiger partial charge in [0.2, 0.25) is 0 Å². The van der Waals surface area contributed by atoms with Crippen molar-refractivity contribution in [3.05, 3.63) is 34.9 Å². The first-order chi connectivity index (χ1) is 5.65. The van der Waals surface area contributed by atoms with E-state index in [0.29, 0.717) is 0 Å². The van der Waals surface area contributed by atoms with Gasteiger partial charge in [0.05, 0.1) is 0 Å². The maximum atomic E-state index is 13.0. The molecule has 1 aromatic carbocycles. The zero-order chi connectivity index (χ0) is 9.14. The first kappa shape index (κ1) is 9.24. The summed E-state index contributed by atoms with van der Waals surface area (Å²) in [5.41, 5.74) is 3.08. The largest absolute Gasteiger partial charge is 0.243 e. The Morgan fingerprint density at radius 3 is 2.58 bits per heavy atom. The van der Waals surface area contributed by atoms with Gasteiger partial charge in [0.1, 0.15) is 6.17 Å². The fraction of sp³-hybridized carbons (Fsp3) is 0.455. The predicted molar refractivity (Wildman–Crippen MR) is 50.1 cm³/mol. The van der Waals surface area contributed by atoms with Crippen LogP contribution in [0, 0.1) is 6.92 Å². The summed E-state index contributed by atoms with van der Waals surface area (Å²) in [4.78, 5) is 0. The van der Waals surface area contributed by atoms with E-state index in [2.05, 4.69) is 13.0 Å². The average molecular weight is 166 g/mol. The van der Waals surface area contributed by atoms with Gasteiger partial charge in [-0.3, -0.25) is 0 Å². The minimum Gasteiger partial charge on any atom is -0.243 e. The topological polar surface area (TPSA) is 0 Å². The van der Waals surface area contributed by atoms with Crippen LogP contribution in [0.3, 0.4) is 0 Å². The van der Waals surface area contributed by atoms with Crippen molar-refractivity contribution in [3.8, 4) is 0 Å². The second-order valence-electron chi connectivity index (χ2n) is 3.16. The van der Waals surface area contributed by atoms with Crippen molar-refractivity contribution in [2.75, 3.05) is 0 Å². The Balaban J connectivity index is 3.08. The van der Waals surface area contributed by atoms with Crippen LogP contribution >= 0.6 is 0 Å².